The van der Waals surface area contributed by atoms with E-state index in [0.717, 1.165) is 44.6 Å². The summed E-state index contributed by atoms with van der Waals surface area (Å²) < 4.78 is 6.04. The number of furan rings is 1. The second kappa shape index (κ2) is 18.8. The number of allylic oxidation sites excluding steroid dienone is 2. The highest BCUT2D eigenvalue weighted by Gasteiger charge is 2.14. The lowest BCUT2D eigenvalue weighted by Gasteiger charge is -2.13. The minimum atomic E-state index is 0.640. The van der Waals surface area contributed by atoms with Crippen LogP contribution < -0.4 is 5.73 Å². The van der Waals surface area contributed by atoms with Crippen LogP contribution in [0.4, 0.5) is 0 Å². The van der Waals surface area contributed by atoms with Crippen LogP contribution in [0.3, 0.4) is 0 Å². The highest BCUT2D eigenvalue weighted by molar-refractivity contribution is 6.05. The first kappa shape index (κ1) is 37.9. The Morgan fingerprint density at radius 1 is 0.600 bits per heavy atom. The molecule has 0 fully saturated rings. The van der Waals surface area contributed by atoms with E-state index in [1.54, 1.807) is 0 Å². The van der Waals surface area contributed by atoms with Crippen molar-refractivity contribution in [1.82, 2.24) is 0 Å². The van der Waals surface area contributed by atoms with Crippen molar-refractivity contribution in [3.05, 3.63) is 228 Å². The van der Waals surface area contributed by atoms with Crippen LogP contribution in [0.1, 0.15) is 33.6 Å². The third kappa shape index (κ3) is 9.60. The fourth-order valence-corrected chi connectivity index (χ4v) is 6.53. The van der Waals surface area contributed by atoms with Gasteiger partial charge < -0.3 is 15.6 Å². The summed E-state index contributed by atoms with van der Waals surface area (Å²) in [6.07, 6.45) is 5.39. The molecule has 8 aromatic rings. The van der Waals surface area contributed by atoms with Crippen LogP contribution in [0.2, 0.25) is 0 Å². The summed E-state index contributed by atoms with van der Waals surface area (Å²) in [5, 5.41) is 8.84. The fourth-order valence-electron chi connectivity index (χ4n) is 6.53. The minimum absolute atomic E-state index is 0.640. The Kier molecular flexibility index (Phi) is 13.0. The van der Waals surface area contributed by atoms with Crippen molar-refractivity contribution in [2.24, 2.45) is 5.73 Å². The first-order valence-corrected chi connectivity index (χ1v) is 18.5. The first-order valence-electron chi connectivity index (χ1n) is 18.5. The third-order valence-electron chi connectivity index (χ3n) is 9.38. The Labute approximate surface area is 325 Å². The zero-order chi connectivity index (χ0) is 38.4. The predicted octanol–water partition coefficient (Wildman–Crippen LogP) is 13.6. The zero-order valence-electron chi connectivity index (χ0n) is 31.5. The number of rotatable bonds is 8. The molecule has 1 aromatic heterocycles. The molecule has 3 N–H and O–H groups in total. The average Bonchev–Trinajstić information content (AvgIpc) is 3.58. The van der Waals surface area contributed by atoms with Crippen LogP contribution in [0.15, 0.2) is 199 Å². The standard InChI is InChI=1S/C38H29NO.C7H9N.C7H8/c1-3-27(24-36-26(2)40-37-21-11-18-33(25-39)38(36)37)29-14-9-16-31(22-29)34-19-7-8-20-35(34)32-17-10-15-30(23-32)28-12-5-4-6-13-28;8-6-7-4-2-1-3-5-7;1-7-5-3-2-4-6-7/h3-25,39H,1H2,2H3;1-5H,6,8H2;2-6H,1H3/b27-24+,39-25?;;. The van der Waals surface area contributed by atoms with Crippen molar-refractivity contribution in [3.63, 3.8) is 0 Å². The lowest BCUT2D eigenvalue weighted by Crippen LogP contribution is -1.94. The number of nitrogens with one attached hydrogen (secondary N) is 1. The minimum Gasteiger partial charge on any atom is -0.461 e. The smallest absolute Gasteiger partial charge is 0.135 e. The van der Waals surface area contributed by atoms with E-state index in [9.17, 15) is 0 Å². The van der Waals surface area contributed by atoms with Crippen molar-refractivity contribution in [3.8, 4) is 33.4 Å². The maximum Gasteiger partial charge on any atom is 0.135 e. The maximum atomic E-state index is 7.89. The summed E-state index contributed by atoms with van der Waals surface area (Å²) >= 11 is 0. The number of nitrogens with two attached hydrogens (primary N) is 1. The van der Waals surface area contributed by atoms with Gasteiger partial charge in [0, 0.05) is 29.3 Å². The molecule has 0 atom stereocenters. The van der Waals surface area contributed by atoms with Crippen molar-refractivity contribution in [2.75, 3.05) is 0 Å². The molecule has 0 unspecified atom stereocenters. The van der Waals surface area contributed by atoms with E-state index in [1.165, 1.54) is 45.2 Å². The highest BCUT2D eigenvalue weighted by Crippen LogP contribution is 2.36. The molecular weight excluding hydrogens is 669 g/mol. The lowest BCUT2D eigenvalue weighted by molar-refractivity contribution is 0.577. The molecule has 0 saturated carbocycles. The van der Waals surface area contributed by atoms with Crippen LogP contribution >= 0.6 is 0 Å². The van der Waals surface area contributed by atoms with E-state index >= 15 is 0 Å². The van der Waals surface area contributed by atoms with E-state index in [0.29, 0.717) is 6.54 Å². The molecule has 270 valence electrons. The second-order valence-corrected chi connectivity index (χ2v) is 13.2. The van der Waals surface area contributed by atoms with Gasteiger partial charge in [-0.1, -0.05) is 182 Å². The van der Waals surface area contributed by atoms with Crippen LogP contribution in [0.25, 0.3) is 56.0 Å². The number of hydrogen-bond donors (Lipinski definition) is 2. The molecule has 0 spiro atoms. The summed E-state index contributed by atoms with van der Waals surface area (Å²) in [5.41, 5.74) is 19.6. The normalized spacial score (nSPS) is 10.8. The molecule has 55 heavy (non-hydrogen) atoms. The quantitative estimate of drug-likeness (QED) is 0.122. The van der Waals surface area contributed by atoms with Gasteiger partial charge in [-0.05, 0) is 88.2 Å². The molecule has 0 aliphatic heterocycles. The molecule has 0 saturated heterocycles. The monoisotopic (exact) mass is 714 g/mol. The van der Waals surface area contributed by atoms with E-state index in [1.807, 2.05) is 85.8 Å². The molecule has 3 heteroatoms. The average molecular weight is 715 g/mol. The summed E-state index contributed by atoms with van der Waals surface area (Å²) in [5.74, 6) is 0.823. The molecule has 0 radical (unpaired) electrons. The Bertz CT molecular complexity index is 2510. The highest BCUT2D eigenvalue weighted by atomic mass is 16.3. The van der Waals surface area contributed by atoms with Crippen LogP contribution in [0, 0.1) is 19.3 Å². The van der Waals surface area contributed by atoms with Gasteiger partial charge in [-0.25, -0.2) is 0 Å². The summed E-state index contributed by atoms with van der Waals surface area (Å²) in [6.45, 7) is 8.82. The van der Waals surface area contributed by atoms with Gasteiger partial charge in [-0.2, -0.15) is 0 Å². The summed E-state index contributed by atoms with van der Waals surface area (Å²) in [7, 11) is 0. The summed E-state index contributed by atoms with van der Waals surface area (Å²) in [4.78, 5) is 0. The van der Waals surface area contributed by atoms with Gasteiger partial charge in [0.25, 0.3) is 0 Å². The molecule has 0 bridgehead atoms. The Morgan fingerprint density at radius 3 is 1.73 bits per heavy atom. The molecule has 0 aliphatic carbocycles. The van der Waals surface area contributed by atoms with Crippen LogP contribution in [0.5, 0.6) is 0 Å². The van der Waals surface area contributed by atoms with Crippen molar-refractivity contribution < 1.29 is 4.42 Å². The molecule has 0 aliphatic rings. The van der Waals surface area contributed by atoms with E-state index in [4.69, 9.17) is 15.6 Å². The predicted molar refractivity (Wildman–Crippen MR) is 235 cm³/mol. The van der Waals surface area contributed by atoms with E-state index in [-0.39, 0.29) is 0 Å². The van der Waals surface area contributed by atoms with E-state index < -0.39 is 0 Å². The van der Waals surface area contributed by atoms with Gasteiger partial charge in [0.05, 0.1) is 0 Å². The first-order chi connectivity index (χ1) is 27.0. The summed E-state index contributed by atoms with van der Waals surface area (Å²) in [6, 6.07) is 62.5. The number of aryl methyl sites for hydroxylation is 2. The molecule has 1 heterocycles. The topological polar surface area (TPSA) is 63.0 Å². The van der Waals surface area contributed by atoms with Gasteiger partial charge in [-0.15, -0.1) is 0 Å². The van der Waals surface area contributed by atoms with Crippen molar-refractivity contribution >= 4 is 28.8 Å². The van der Waals surface area contributed by atoms with E-state index in [2.05, 4.69) is 129 Å². The number of hydrogen-bond acceptors (Lipinski definition) is 3. The van der Waals surface area contributed by atoms with Crippen LogP contribution in [-0.2, 0) is 6.54 Å². The van der Waals surface area contributed by atoms with Gasteiger partial charge in [0.2, 0.25) is 0 Å². The van der Waals surface area contributed by atoms with Gasteiger partial charge in [0.15, 0.2) is 0 Å². The molecule has 7 aromatic carbocycles. The SMILES string of the molecule is C=C/C(=C\c1c(C)oc2cccc(C=N)c12)c1cccc(-c2ccccc2-c2cccc(-c3ccccc3)c2)c1.Cc1ccccc1.NCc1ccccc1. The molecule has 3 nitrogen and oxygen atoms in total. The lowest BCUT2D eigenvalue weighted by atomic mass is 9.91. The zero-order valence-corrected chi connectivity index (χ0v) is 31.5. The van der Waals surface area contributed by atoms with Gasteiger partial charge in [-0.3, -0.25) is 0 Å². The largest absolute Gasteiger partial charge is 0.461 e. The Balaban J connectivity index is 0.000000284. The Morgan fingerprint density at radius 2 is 1.15 bits per heavy atom. The molecule has 0 amide bonds. The maximum absolute atomic E-state index is 7.89. The number of benzene rings is 7. The van der Waals surface area contributed by atoms with Gasteiger partial charge in [0.1, 0.15) is 11.3 Å². The van der Waals surface area contributed by atoms with Crippen LogP contribution in [-0.4, -0.2) is 6.21 Å². The second-order valence-electron chi connectivity index (χ2n) is 13.2. The molecule has 8 rings (SSSR count). The fraction of sp³-hybridized carbons (Fsp3) is 0.0577. The third-order valence-corrected chi connectivity index (χ3v) is 9.38. The Hall–Kier alpha value is -6.81. The van der Waals surface area contributed by atoms with Gasteiger partial charge >= 0.3 is 0 Å². The van der Waals surface area contributed by atoms with Crippen molar-refractivity contribution in [1.29, 1.82) is 5.41 Å². The number of fused-ring (bicyclic) bond motifs is 1. The van der Waals surface area contributed by atoms with Crippen molar-refractivity contribution in [2.45, 2.75) is 20.4 Å². The molecular formula is C52H46N2O.